The van der Waals surface area contributed by atoms with Gasteiger partial charge >= 0.3 is 0 Å². The summed E-state index contributed by atoms with van der Waals surface area (Å²) in [7, 11) is 4.05. The van der Waals surface area contributed by atoms with Crippen LogP contribution in [0, 0.1) is 0 Å². The van der Waals surface area contributed by atoms with Gasteiger partial charge in [0, 0.05) is 30.4 Å². The van der Waals surface area contributed by atoms with Crippen LogP contribution in [0.2, 0.25) is 9.49 Å². The van der Waals surface area contributed by atoms with Crippen LogP contribution in [0.4, 0.5) is 5.69 Å². The summed E-state index contributed by atoms with van der Waals surface area (Å²) in [6.07, 6.45) is 0. The molecule has 0 saturated carbocycles. The van der Waals surface area contributed by atoms with Gasteiger partial charge in [0.25, 0.3) is 0 Å². The fourth-order valence-electron chi connectivity index (χ4n) is 2.20. The van der Waals surface area contributed by atoms with Crippen LogP contribution in [-0.4, -0.2) is 19.1 Å². The molecule has 0 atom stereocenters. The molecule has 0 aliphatic carbocycles. The zero-order valence-corrected chi connectivity index (χ0v) is 14.5. The van der Waals surface area contributed by atoms with E-state index in [-0.39, 0.29) is 0 Å². The second-order valence-corrected chi connectivity index (χ2v) is 7.11. The van der Waals surface area contributed by atoms with Crippen LogP contribution in [0.25, 0.3) is 21.7 Å². The van der Waals surface area contributed by atoms with E-state index in [0.29, 0.717) is 9.49 Å². The first kappa shape index (κ1) is 15.3. The van der Waals surface area contributed by atoms with Crippen LogP contribution in [0.1, 0.15) is 0 Å². The molecule has 3 rings (SSSR count). The first-order valence-corrected chi connectivity index (χ1v) is 8.32. The lowest BCUT2D eigenvalue weighted by atomic mass is 10.1. The molecule has 0 amide bonds. The van der Waals surface area contributed by atoms with Gasteiger partial charge in [0.05, 0.1) is 10.6 Å². The molecule has 0 aliphatic rings. The molecule has 2 aromatic carbocycles. The fourth-order valence-corrected chi connectivity index (χ4v) is 3.47. The van der Waals surface area contributed by atoms with Crippen molar-refractivity contribution in [2.45, 2.75) is 0 Å². The summed E-state index contributed by atoms with van der Waals surface area (Å²) in [5.41, 5.74) is 4.18. The Balaban J connectivity index is 2.06. The Morgan fingerprint density at radius 2 is 1.45 bits per heavy atom. The first-order valence-electron chi connectivity index (χ1n) is 6.74. The van der Waals surface area contributed by atoms with Crippen LogP contribution in [-0.2, 0) is 0 Å². The minimum absolute atomic E-state index is 0.539. The Morgan fingerprint density at radius 1 is 0.864 bits per heavy atom. The van der Waals surface area contributed by atoms with E-state index >= 15 is 0 Å². The van der Waals surface area contributed by atoms with Crippen molar-refractivity contribution in [1.29, 1.82) is 0 Å². The minimum Gasteiger partial charge on any atom is -0.378 e. The molecular weight excluding hydrogens is 335 g/mol. The Hall–Kier alpha value is -1.55. The number of hydrogen-bond donors (Lipinski definition) is 0. The molecule has 0 bridgehead atoms. The van der Waals surface area contributed by atoms with Crippen LogP contribution >= 0.6 is 34.5 Å². The van der Waals surface area contributed by atoms with Gasteiger partial charge in [-0.3, -0.25) is 0 Å². The lowest BCUT2D eigenvalue weighted by Gasteiger charge is -2.12. The summed E-state index contributed by atoms with van der Waals surface area (Å²) < 4.78 is 0.539. The summed E-state index contributed by atoms with van der Waals surface area (Å²) in [4.78, 5) is 7.62. The molecule has 0 aliphatic heterocycles. The van der Waals surface area contributed by atoms with Crippen LogP contribution in [0.5, 0.6) is 0 Å². The van der Waals surface area contributed by atoms with Gasteiger partial charge in [0.2, 0.25) is 0 Å². The number of halogens is 2. The molecule has 2 nitrogen and oxygen atoms in total. The number of benzene rings is 2. The van der Waals surface area contributed by atoms with Crippen LogP contribution in [0.15, 0.2) is 48.5 Å². The number of nitrogens with zero attached hydrogens (tertiary/aromatic N) is 2. The van der Waals surface area contributed by atoms with E-state index in [4.69, 9.17) is 23.2 Å². The third kappa shape index (κ3) is 3.12. The first-order chi connectivity index (χ1) is 10.5. The molecular formula is C17H14Cl2N2S. The smallest absolute Gasteiger partial charge is 0.184 e. The maximum absolute atomic E-state index is 6.15. The average Bonchev–Trinajstić information content (AvgIpc) is 2.90. The van der Waals surface area contributed by atoms with Gasteiger partial charge in [-0.2, -0.15) is 0 Å². The van der Waals surface area contributed by atoms with Crippen molar-refractivity contribution < 1.29 is 0 Å². The minimum atomic E-state index is 0.539. The highest BCUT2D eigenvalue weighted by Crippen LogP contribution is 2.39. The van der Waals surface area contributed by atoms with Crippen molar-refractivity contribution in [1.82, 2.24) is 4.98 Å². The monoisotopic (exact) mass is 348 g/mol. The van der Waals surface area contributed by atoms with Crippen LogP contribution in [0.3, 0.4) is 0 Å². The molecule has 1 aromatic heterocycles. The highest BCUT2D eigenvalue weighted by atomic mass is 35.5. The van der Waals surface area contributed by atoms with Gasteiger partial charge in [0.1, 0.15) is 0 Å². The van der Waals surface area contributed by atoms with Crippen molar-refractivity contribution in [2.75, 3.05) is 19.0 Å². The second kappa shape index (κ2) is 6.29. The van der Waals surface area contributed by atoms with Gasteiger partial charge < -0.3 is 4.90 Å². The summed E-state index contributed by atoms with van der Waals surface area (Å²) in [6.45, 7) is 0. The largest absolute Gasteiger partial charge is 0.378 e. The van der Waals surface area contributed by atoms with E-state index < -0.39 is 0 Å². The van der Waals surface area contributed by atoms with Crippen molar-refractivity contribution in [3.05, 3.63) is 58.0 Å². The zero-order valence-electron chi connectivity index (χ0n) is 12.2. The van der Waals surface area contributed by atoms with Gasteiger partial charge in [-0.1, -0.05) is 47.5 Å². The molecule has 0 saturated heterocycles. The maximum atomic E-state index is 6.15. The average molecular weight is 349 g/mol. The Kier molecular flexibility index (Phi) is 4.39. The quantitative estimate of drug-likeness (QED) is 0.590. The van der Waals surface area contributed by atoms with Crippen molar-refractivity contribution in [2.24, 2.45) is 0 Å². The molecule has 0 radical (unpaired) electrons. The molecule has 1 heterocycles. The number of anilines is 1. The van der Waals surface area contributed by atoms with E-state index in [1.807, 2.05) is 38.4 Å². The fraction of sp³-hybridized carbons (Fsp3) is 0.118. The molecule has 0 N–H and O–H groups in total. The van der Waals surface area contributed by atoms with Gasteiger partial charge in [-0.25, -0.2) is 4.98 Å². The molecule has 0 spiro atoms. The van der Waals surface area contributed by atoms with Crippen LogP contribution < -0.4 is 4.90 Å². The number of aromatic nitrogens is 1. The summed E-state index contributed by atoms with van der Waals surface area (Å²) in [6, 6.07) is 16.0. The van der Waals surface area contributed by atoms with Crippen molar-refractivity contribution >= 4 is 40.2 Å². The van der Waals surface area contributed by atoms with Crippen molar-refractivity contribution in [3.8, 4) is 21.7 Å². The normalized spacial score (nSPS) is 10.7. The topological polar surface area (TPSA) is 16.1 Å². The Morgan fingerprint density at radius 3 is 2.05 bits per heavy atom. The lowest BCUT2D eigenvalue weighted by molar-refractivity contribution is 1.13. The summed E-state index contributed by atoms with van der Waals surface area (Å²) in [5, 5.41) is 0.710. The summed E-state index contributed by atoms with van der Waals surface area (Å²) >= 11 is 13.6. The lowest BCUT2D eigenvalue weighted by Crippen LogP contribution is -2.07. The maximum Gasteiger partial charge on any atom is 0.184 e. The second-order valence-electron chi connectivity index (χ2n) is 5.09. The molecule has 22 heavy (non-hydrogen) atoms. The standard InChI is InChI=1S/C17H14Cl2N2S/c1-21(2)14-9-5-12(6-10-14)16-15(20-17(19)22-16)11-3-7-13(18)8-4-11/h3-10H,1-2H3. The molecule has 3 aromatic rings. The summed E-state index contributed by atoms with van der Waals surface area (Å²) in [5.74, 6) is 0. The predicted molar refractivity (Wildman–Crippen MR) is 97.3 cm³/mol. The molecule has 5 heteroatoms. The zero-order chi connectivity index (χ0) is 15.7. The van der Waals surface area contributed by atoms with E-state index in [0.717, 1.165) is 27.4 Å². The third-order valence-corrected chi connectivity index (χ3v) is 4.83. The molecule has 0 fully saturated rings. The number of thiazole rings is 1. The highest BCUT2D eigenvalue weighted by Gasteiger charge is 2.14. The van der Waals surface area contributed by atoms with E-state index in [9.17, 15) is 0 Å². The Bertz CT molecular complexity index is 777. The number of rotatable bonds is 3. The van der Waals surface area contributed by atoms with E-state index in [2.05, 4.69) is 34.1 Å². The molecule has 0 unspecified atom stereocenters. The third-order valence-electron chi connectivity index (χ3n) is 3.36. The highest BCUT2D eigenvalue weighted by molar-refractivity contribution is 7.19. The SMILES string of the molecule is CN(C)c1ccc(-c2sc(Cl)nc2-c2ccc(Cl)cc2)cc1. The predicted octanol–water partition coefficient (Wildman–Crippen LogP) is 5.85. The Labute approximate surface area is 144 Å². The van der Waals surface area contributed by atoms with Gasteiger partial charge in [-0.15, -0.1) is 11.3 Å². The molecule has 112 valence electrons. The number of hydrogen-bond acceptors (Lipinski definition) is 3. The van der Waals surface area contributed by atoms with E-state index in [1.54, 1.807) is 0 Å². The van der Waals surface area contributed by atoms with Gasteiger partial charge in [0.15, 0.2) is 4.47 Å². The van der Waals surface area contributed by atoms with Gasteiger partial charge in [-0.05, 0) is 29.8 Å². The van der Waals surface area contributed by atoms with Crippen molar-refractivity contribution in [3.63, 3.8) is 0 Å². The van der Waals surface area contributed by atoms with E-state index in [1.165, 1.54) is 11.3 Å².